The van der Waals surface area contributed by atoms with Crippen LogP contribution in [-0.4, -0.2) is 37.6 Å². The Balaban J connectivity index is 1.38. The highest BCUT2D eigenvalue weighted by molar-refractivity contribution is 7.15. The van der Waals surface area contributed by atoms with E-state index in [1.807, 2.05) is 103 Å². The van der Waals surface area contributed by atoms with Crippen molar-refractivity contribution in [1.29, 1.82) is 0 Å². The number of aromatic nitrogens is 5. The standard InChI is InChI=1S/C32H29N5O3S/c1-4-39-26-16-12-23(13-17-26)30-33-32-37(35-30)31(38)28(41-32)18-24-19-36(25-8-6-5-7-9-25)34-29(24)22-10-14-27(15-11-22)40-20-21(2)3/h5-19,21H,4,20H2,1-3H3. The quantitative estimate of drug-likeness (QED) is 0.226. The maximum Gasteiger partial charge on any atom is 0.291 e. The molecule has 0 radical (unpaired) electrons. The topological polar surface area (TPSA) is 83.5 Å². The summed E-state index contributed by atoms with van der Waals surface area (Å²) in [6, 6.07) is 25.3. The Morgan fingerprint density at radius 1 is 0.878 bits per heavy atom. The number of ether oxygens (including phenoxy) is 2. The third kappa shape index (κ3) is 5.62. The number of benzene rings is 3. The molecule has 0 unspecified atom stereocenters. The van der Waals surface area contributed by atoms with Crippen LogP contribution in [0.15, 0.2) is 89.9 Å². The van der Waals surface area contributed by atoms with Crippen molar-refractivity contribution in [2.45, 2.75) is 20.8 Å². The van der Waals surface area contributed by atoms with Gasteiger partial charge in [-0.1, -0.05) is 43.4 Å². The van der Waals surface area contributed by atoms with Crippen molar-refractivity contribution < 1.29 is 9.47 Å². The van der Waals surface area contributed by atoms with Crippen LogP contribution in [0.1, 0.15) is 26.3 Å². The largest absolute Gasteiger partial charge is 0.494 e. The van der Waals surface area contributed by atoms with Gasteiger partial charge in [-0.25, -0.2) is 4.68 Å². The van der Waals surface area contributed by atoms with E-state index in [4.69, 9.17) is 14.6 Å². The first-order valence-corrected chi connectivity index (χ1v) is 14.3. The second-order valence-corrected chi connectivity index (χ2v) is 11.0. The molecule has 3 heterocycles. The Labute approximate surface area is 241 Å². The molecule has 6 aromatic rings. The molecular formula is C32H29N5O3S. The Morgan fingerprint density at radius 3 is 2.22 bits per heavy atom. The fourth-order valence-electron chi connectivity index (χ4n) is 4.37. The molecule has 0 fully saturated rings. The summed E-state index contributed by atoms with van der Waals surface area (Å²) in [5, 5.41) is 9.40. The number of hydrogen-bond donors (Lipinski definition) is 0. The minimum atomic E-state index is -0.217. The van der Waals surface area contributed by atoms with Gasteiger partial charge in [-0.3, -0.25) is 4.79 Å². The van der Waals surface area contributed by atoms with Crippen LogP contribution in [0.5, 0.6) is 11.5 Å². The van der Waals surface area contributed by atoms with Crippen LogP contribution >= 0.6 is 11.3 Å². The summed E-state index contributed by atoms with van der Waals surface area (Å²) < 4.78 is 15.1. The van der Waals surface area contributed by atoms with E-state index >= 15 is 0 Å². The van der Waals surface area contributed by atoms with Gasteiger partial charge in [0.2, 0.25) is 4.96 Å². The van der Waals surface area contributed by atoms with E-state index in [0.29, 0.717) is 34.4 Å². The first-order valence-electron chi connectivity index (χ1n) is 13.5. The highest BCUT2D eigenvalue weighted by Crippen LogP contribution is 2.27. The number of rotatable bonds is 9. The summed E-state index contributed by atoms with van der Waals surface area (Å²) in [5.74, 6) is 2.53. The molecule has 8 nitrogen and oxygen atoms in total. The van der Waals surface area contributed by atoms with E-state index < -0.39 is 0 Å². The van der Waals surface area contributed by atoms with Crippen LogP contribution in [0, 0.1) is 5.92 Å². The van der Waals surface area contributed by atoms with Crippen molar-refractivity contribution in [1.82, 2.24) is 24.4 Å². The second-order valence-electron chi connectivity index (χ2n) is 9.95. The van der Waals surface area contributed by atoms with Crippen molar-refractivity contribution in [2.75, 3.05) is 13.2 Å². The highest BCUT2D eigenvalue weighted by atomic mass is 32.1. The van der Waals surface area contributed by atoms with E-state index in [2.05, 4.69) is 23.9 Å². The maximum atomic E-state index is 13.4. The molecule has 9 heteroatoms. The SMILES string of the molecule is CCOc1ccc(-c2nc3sc(=Cc4cn(-c5ccccc5)nc4-c4ccc(OCC(C)C)cc4)c(=O)n3n2)cc1. The van der Waals surface area contributed by atoms with E-state index in [1.165, 1.54) is 15.9 Å². The van der Waals surface area contributed by atoms with Gasteiger partial charge in [0.25, 0.3) is 5.56 Å². The molecule has 0 bridgehead atoms. The van der Waals surface area contributed by atoms with E-state index in [9.17, 15) is 4.79 Å². The fraction of sp³-hybridized carbons (Fsp3) is 0.188. The normalized spacial score (nSPS) is 12.0. The molecule has 6 rings (SSSR count). The molecule has 0 saturated heterocycles. The number of thiazole rings is 1. The lowest BCUT2D eigenvalue weighted by atomic mass is 10.1. The van der Waals surface area contributed by atoms with Gasteiger partial charge in [0.1, 0.15) is 17.2 Å². The molecule has 3 aromatic carbocycles. The highest BCUT2D eigenvalue weighted by Gasteiger charge is 2.15. The van der Waals surface area contributed by atoms with Crippen molar-refractivity contribution in [3.63, 3.8) is 0 Å². The van der Waals surface area contributed by atoms with E-state index in [1.54, 1.807) is 0 Å². The Morgan fingerprint density at radius 2 is 1.56 bits per heavy atom. The van der Waals surface area contributed by atoms with Crippen molar-refractivity contribution >= 4 is 22.4 Å². The molecule has 0 N–H and O–H groups in total. The van der Waals surface area contributed by atoms with Crippen LogP contribution in [0.2, 0.25) is 0 Å². The number of para-hydroxylation sites is 1. The summed E-state index contributed by atoms with van der Waals surface area (Å²) in [4.78, 5) is 18.6. The van der Waals surface area contributed by atoms with Crippen LogP contribution in [0.4, 0.5) is 0 Å². The summed E-state index contributed by atoms with van der Waals surface area (Å²) in [7, 11) is 0. The minimum Gasteiger partial charge on any atom is -0.494 e. The van der Waals surface area contributed by atoms with Gasteiger partial charge in [0, 0.05) is 22.9 Å². The lowest BCUT2D eigenvalue weighted by Gasteiger charge is -2.09. The third-order valence-corrected chi connectivity index (χ3v) is 7.33. The molecule has 0 atom stereocenters. The Bertz CT molecular complexity index is 1890. The van der Waals surface area contributed by atoms with Gasteiger partial charge in [-0.05, 0) is 79.6 Å². The zero-order chi connectivity index (χ0) is 28.3. The summed E-state index contributed by atoms with van der Waals surface area (Å²) >= 11 is 1.31. The van der Waals surface area contributed by atoms with Gasteiger partial charge < -0.3 is 9.47 Å². The fourth-order valence-corrected chi connectivity index (χ4v) is 5.27. The van der Waals surface area contributed by atoms with Crippen LogP contribution in [0.3, 0.4) is 0 Å². The molecule has 206 valence electrons. The summed E-state index contributed by atoms with van der Waals surface area (Å²) in [6.45, 7) is 7.44. The molecule has 0 amide bonds. The van der Waals surface area contributed by atoms with Gasteiger partial charge in [-0.15, -0.1) is 5.10 Å². The van der Waals surface area contributed by atoms with Gasteiger partial charge in [0.15, 0.2) is 5.82 Å². The third-order valence-electron chi connectivity index (χ3n) is 6.37. The first kappa shape index (κ1) is 26.5. The van der Waals surface area contributed by atoms with Gasteiger partial charge in [0.05, 0.1) is 23.4 Å². The zero-order valence-electron chi connectivity index (χ0n) is 23.0. The molecule has 0 saturated carbocycles. The average molecular weight is 564 g/mol. The zero-order valence-corrected chi connectivity index (χ0v) is 23.8. The van der Waals surface area contributed by atoms with Crippen LogP contribution in [0.25, 0.3) is 39.4 Å². The van der Waals surface area contributed by atoms with Crippen molar-refractivity contribution in [2.24, 2.45) is 5.92 Å². The molecule has 0 spiro atoms. The maximum absolute atomic E-state index is 13.4. The summed E-state index contributed by atoms with van der Waals surface area (Å²) in [5.41, 5.74) is 4.03. The molecule has 0 aliphatic carbocycles. The molecular weight excluding hydrogens is 534 g/mol. The molecule has 0 aliphatic rings. The minimum absolute atomic E-state index is 0.217. The number of fused-ring (bicyclic) bond motifs is 1. The van der Waals surface area contributed by atoms with Gasteiger partial charge in [-0.2, -0.15) is 14.6 Å². The lowest BCUT2D eigenvalue weighted by Crippen LogP contribution is -2.23. The second kappa shape index (κ2) is 11.4. The van der Waals surface area contributed by atoms with Gasteiger partial charge >= 0.3 is 0 Å². The van der Waals surface area contributed by atoms with Crippen LogP contribution < -0.4 is 19.6 Å². The van der Waals surface area contributed by atoms with Crippen LogP contribution in [-0.2, 0) is 0 Å². The number of hydrogen-bond acceptors (Lipinski definition) is 7. The van der Waals surface area contributed by atoms with E-state index in [-0.39, 0.29) is 5.56 Å². The lowest BCUT2D eigenvalue weighted by molar-refractivity contribution is 0.271. The predicted octanol–water partition coefficient (Wildman–Crippen LogP) is 5.65. The average Bonchev–Trinajstić information content (AvgIpc) is 3.68. The predicted molar refractivity (Wildman–Crippen MR) is 162 cm³/mol. The molecule has 41 heavy (non-hydrogen) atoms. The monoisotopic (exact) mass is 563 g/mol. The van der Waals surface area contributed by atoms with Crippen molar-refractivity contribution in [3.05, 3.63) is 106 Å². The van der Waals surface area contributed by atoms with Crippen molar-refractivity contribution in [3.8, 4) is 39.8 Å². The first-order chi connectivity index (χ1) is 20.0. The molecule has 0 aliphatic heterocycles. The van der Waals surface area contributed by atoms with E-state index in [0.717, 1.165) is 39.6 Å². The Hall–Kier alpha value is -4.76. The molecule has 3 aromatic heterocycles. The smallest absolute Gasteiger partial charge is 0.291 e. The summed E-state index contributed by atoms with van der Waals surface area (Å²) in [6.07, 6.45) is 3.80. The number of nitrogens with zero attached hydrogens (tertiary/aromatic N) is 5. The Kier molecular flexibility index (Phi) is 7.35.